The molecule has 3 aliphatic rings. The lowest BCUT2D eigenvalue weighted by atomic mass is 10.1. The first-order chi connectivity index (χ1) is 11.3. The Morgan fingerprint density at radius 3 is 2.61 bits per heavy atom. The van der Waals surface area contributed by atoms with Gasteiger partial charge >= 0.3 is 0 Å². The van der Waals surface area contributed by atoms with Gasteiger partial charge in [-0.15, -0.1) is 10.2 Å². The maximum atomic E-state index is 12.2. The smallest absolute Gasteiger partial charge is 0.233 e. The van der Waals surface area contributed by atoms with Crippen molar-refractivity contribution in [3.8, 4) is 0 Å². The summed E-state index contributed by atoms with van der Waals surface area (Å²) in [4.78, 5) is 14.6. The van der Waals surface area contributed by atoms with Crippen LogP contribution in [0.15, 0.2) is 5.16 Å². The summed E-state index contributed by atoms with van der Waals surface area (Å²) in [5, 5.41) is 12.9. The second-order valence-corrected chi connectivity index (χ2v) is 7.99. The molecule has 126 valence electrons. The van der Waals surface area contributed by atoms with Crippen LogP contribution in [0.2, 0.25) is 0 Å². The van der Waals surface area contributed by atoms with Crippen molar-refractivity contribution in [3.63, 3.8) is 0 Å². The van der Waals surface area contributed by atoms with Crippen molar-refractivity contribution in [2.24, 2.45) is 0 Å². The zero-order valence-electron chi connectivity index (χ0n) is 13.5. The summed E-state index contributed by atoms with van der Waals surface area (Å²) in [6.45, 7) is 2.98. The summed E-state index contributed by atoms with van der Waals surface area (Å²) < 4.78 is 2.31. The molecular weight excluding hydrogens is 310 g/mol. The number of nitrogens with one attached hydrogen (secondary N) is 1. The fourth-order valence-electron chi connectivity index (χ4n) is 3.46. The largest absolute Gasteiger partial charge is 0.355 e. The fourth-order valence-corrected chi connectivity index (χ4v) is 4.62. The van der Waals surface area contributed by atoms with Gasteiger partial charge in [-0.25, -0.2) is 0 Å². The zero-order chi connectivity index (χ0) is 15.6. The summed E-state index contributed by atoms with van der Waals surface area (Å²) in [6.07, 6.45) is 9.35. The lowest BCUT2D eigenvalue weighted by Gasteiger charge is -2.28. The second-order valence-electron chi connectivity index (χ2n) is 6.82. The Hall–Kier alpha value is -1.24. The van der Waals surface area contributed by atoms with Crippen LogP contribution in [-0.4, -0.2) is 45.6 Å². The summed E-state index contributed by atoms with van der Waals surface area (Å²) in [5.41, 5.74) is 0. The lowest BCUT2D eigenvalue weighted by molar-refractivity contribution is -0.120. The molecule has 0 aromatic carbocycles. The molecule has 1 N–H and O–H groups in total. The molecular formula is C16H25N5OS. The molecule has 23 heavy (non-hydrogen) atoms. The van der Waals surface area contributed by atoms with Gasteiger partial charge in [0.15, 0.2) is 5.16 Å². The Balaban J connectivity index is 1.56. The standard InChI is InChI=1S/C16H25N5OS/c22-14-13(6-2-3-9-17-14)23-16-19-18-15(21(16)12-7-8-12)20-10-4-1-5-11-20/h12-13H,1-11H2,(H,17,22)/t13-/m1/s1. The first-order valence-electron chi connectivity index (χ1n) is 8.97. The van der Waals surface area contributed by atoms with Crippen molar-refractivity contribution in [1.29, 1.82) is 0 Å². The summed E-state index contributed by atoms with van der Waals surface area (Å²) in [5.74, 6) is 1.20. The van der Waals surface area contributed by atoms with Gasteiger partial charge < -0.3 is 10.2 Å². The molecule has 1 saturated carbocycles. The van der Waals surface area contributed by atoms with Gasteiger partial charge in [0.1, 0.15) is 0 Å². The molecule has 1 amide bonds. The van der Waals surface area contributed by atoms with E-state index in [0.717, 1.165) is 50.0 Å². The van der Waals surface area contributed by atoms with Crippen LogP contribution in [0.25, 0.3) is 0 Å². The number of carbonyl (C=O) groups excluding carboxylic acids is 1. The van der Waals surface area contributed by atoms with Crippen LogP contribution in [0, 0.1) is 0 Å². The molecule has 6 nitrogen and oxygen atoms in total. The molecule has 1 atom stereocenters. The van der Waals surface area contributed by atoms with Crippen molar-refractivity contribution < 1.29 is 4.79 Å². The number of hydrogen-bond donors (Lipinski definition) is 1. The van der Waals surface area contributed by atoms with Crippen LogP contribution in [0.1, 0.15) is 57.4 Å². The second kappa shape index (κ2) is 6.71. The topological polar surface area (TPSA) is 63.1 Å². The van der Waals surface area contributed by atoms with Crippen molar-refractivity contribution in [1.82, 2.24) is 20.1 Å². The van der Waals surface area contributed by atoms with E-state index in [-0.39, 0.29) is 11.2 Å². The maximum Gasteiger partial charge on any atom is 0.233 e. The number of nitrogens with zero attached hydrogens (tertiary/aromatic N) is 4. The Labute approximate surface area is 141 Å². The molecule has 2 saturated heterocycles. The normalized spacial score (nSPS) is 26.0. The fraction of sp³-hybridized carbons (Fsp3) is 0.812. The minimum absolute atomic E-state index is 0.0200. The van der Waals surface area contributed by atoms with E-state index in [2.05, 4.69) is 25.0 Å². The molecule has 4 rings (SSSR count). The van der Waals surface area contributed by atoms with Gasteiger partial charge in [0.2, 0.25) is 11.9 Å². The van der Waals surface area contributed by atoms with E-state index in [0.29, 0.717) is 6.04 Å². The summed E-state index contributed by atoms with van der Waals surface area (Å²) >= 11 is 1.62. The van der Waals surface area contributed by atoms with Crippen LogP contribution in [0.3, 0.4) is 0 Å². The SMILES string of the molecule is O=C1NCCCC[C@H]1Sc1nnc(N2CCCCC2)n1C1CC1. The van der Waals surface area contributed by atoms with Crippen LogP contribution in [-0.2, 0) is 4.79 Å². The average molecular weight is 335 g/mol. The summed E-state index contributed by atoms with van der Waals surface area (Å²) in [7, 11) is 0. The van der Waals surface area contributed by atoms with E-state index in [1.54, 1.807) is 11.8 Å². The minimum Gasteiger partial charge on any atom is -0.355 e. The molecule has 3 fully saturated rings. The first kappa shape index (κ1) is 15.3. The number of thioether (sulfide) groups is 1. The van der Waals surface area contributed by atoms with Crippen LogP contribution in [0.5, 0.6) is 0 Å². The average Bonchev–Trinajstić information content (AvgIpc) is 3.36. The highest BCUT2D eigenvalue weighted by molar-refractivity contribution is 8.00. The first-order valence-corrected chi connectivity index (χ1v) is 9.85. The monoisotopic (exact) mass is 335 g/mol. The van der Waals surface area contributed by atoms with Gasteiger partial charge in [-0.1, -0.05) is 18.2 Å². The van der Waals surface area contributed by atoms with Gasteiger partial charge in [-0.2, -0.15) is 0 Å². The molecule has 0 radical (unpaired) electrons. The van der Waals surface area contributed by atoms with Gasteiger partial charge in [-0.05, 0) is 44.9 Å². The molecule has 3 heterocycles. The highest BCUT2D eigenvalue weighted by Crippen LogP contribution is 2.42. The molecule has 0 spiro atoms. The molecule has 7 heteroatoms. The van der Waals surface area contributed by atoms with Gasteiger partial charge in [0.05, 0.1) is 5.25 Å². The van der Waals surface area contributed by atoms with Crippen LogP contribution < -0.4 is 10.2 Å². The maximum absolute atomic E-state index is 12.2. The van der Waals surface area contributed by atoms with E-state index in [9.17, 15) is 4.79 Å². The molecule has 2 aliphatic heterocycles. The summed E-state index contributed by atoms with van der Waals surface area (Å²) in [6, 6.07) is 0.540. The lowest BCUT2D eigenvalue weighted by Crippen LogP contribution is -2.32. The number of aromatic nitrogens is 3. The third kappa shape index (κ3) is 3.34. The van der Waals surface area contributed by atoms with E-state index in [4.69, 9.17) is 0 Å². The zero-order valence-corrected chi connectivity index (χ0v) is 14.4. The molecule has 1 aliphatic carbocycles. The van der Waals surface area contributed by atoms with E-state index < -0.39 is 0 Å². The minimum atomic E-state index is -0.0200. The number of hydrogen-bond acceptors (Lipinski definition) is 5. The predicted octanol–water partition coefficient (Wildman–Crippen LogP) is 2.36. The van der Waals surface area contributed by atoms with E-state index >= 15 is 0 Å². The Morgan fingerprint density at radius 2 is 1.83 bits per heavy atom. The number of anilines is 1. The van der Waals surface area contributed by atoms with E-state index in [1.165, 1.54) is 32.1 Å². The van der Waals surface area contributed by atoms with E-state index in [1.807, 2.05) is 0 Å². The van der Waals surface area contributed by atoms with Crippen molar-refractivity contribution in [3.05, 3.63) is 0 Å². The number of piperidine rings is 1. The molecule has 1 aromatic rings. The highest BCUT2D eigenvalue weighted by atomic mass is 32.2. The van der Waals surface area contributed by atoms with Crippen LogP contribution >= 0.6 is 11.8 Å². The van der Waals surface area contributed by atoms with Crippen molar-refractivity contribution in [2.75, 3.05) is 24.5 Å². The number of amides is 1. The van der Waals surface area contributed by atoms with Gasteiger partial charge in [0.25, 0.3) is 0 Å². The van der Waals surface area contributed by atoms with Crippen molar-refractivity contribution >= 4 is 23.6 Å². The Kier molecular flexibility index (Phi) is 4.46. The molecule has 0 unspecified atom stereocenters. The Bertz CT molecular complexity index is 565. The van der Waals surface area contributed by atoms with Gasteiger partial charge in [0, 0.05) is 25.7 Å². The number of rotatable bonds is 4. The van der Waals surface area contributed by atoms with Gasteiger partial charge in [-0.3, -0.25) is 9.36 Å². The predicted molar refractivity (Wildman–Crippen MR) is 90.9 cm³/mol. The molecule has 1 aromatic heterocycles. The number of carbonyl (C=O) groups is 1. The molecule has 0 bridgehead atoms. The van der Waals surface area contributed by atoms with Crippen molar-refractivity contribution in [2.45, 2.75) is 67.8 Å². The Morgan fingerprint density at radius 1 is 1.00 bits per heavy atom. The quantitative estimate of drug-likeness (QED) is 0.915. The highest BCUT2D eigenvalue weighted by Gasteiger charge is 2.34. The third-order valence-corrected chi connectivity index (χ3v) is 6.15. The van der Waals surface area contributed by atoms with Crippen LogP contribution in [0.4, 0.5) is 5.95 Å². The third-order valence-electron chi connectivity index (χ3n) is 4.93.